The van der Waals surface area contributed by atoms with Gasteiger partial charge in [0.05, 0.1) is 10.7 Å². The van der Waals surface area contributed by atoms with E-state index in [0.29, 0.717) is 10.7 Å². The summed E-state index contributed by atoms with van der Waals surface area (Å²) in [6, 6.07) is 5.08. The molecule has 1 rings (SSSR count). The maximum Gasteiger partial charge on any atom is 0.0641 e. The molecule has 0 atom stereocenters. The van der Waals surface area contributed by atoms with E-state index in [2.05, 4.69) is 0 Å². The van der Waals surface area contributed by atoms with Crippen LogP contribution in [0.5, 0.6) is 0 Å². The topological polar surface area (TPSA) is 49.9 Å². The van der Waals surface area contributed by atoms with Gasteiger partial charge in [-0.15, -0.1) is 0 Å². The van der Waals surface area contributed by atoms with Crippen LogP contribution < -0.4 is 5.73 Å². The van der Waals surface area contributed by atoms with Gasteiger partial charge in [0.2, 0.25) is 0 Å². The first-order chi connectivity index (χ1) is 4.74. The molecule has 1 aromatic rings. The first-order valence-electron chi connectivity index (χ1n) is 2.79. The molecule has 10 heavy (non-hydrogen) atoms. The van der Waals surface area contributed by atoms with Gasteiger partial charge in [0.25, 0.3) is 0 Å². The Morgan fingerprint density at radius 1 is 1.50 bits per heavy atom. The van der Waals surface area contributed by atoms with Gasteiger partial charge in [-0.25, -0.2) is 0 Å². The number of benzene rings is 1. The van der Waals surface area contributed by atoms with Crippen molar-refractivity contribution in [1.82, 2.24) is 0 Å². The summed E-state index contributed by atoms with van der Waals surface area (Å²) in [7, 11) is 0. The van der Waals surface area contributed by atoms with Gasteiger partial charge in [0, 0.05) is 6.21 Å². The number of rotatable bonds is 1. The molecule has 0 aromatic heterocycles. The lowest BCUT2D eigenvalue weighted by atomic mass is 10.2. The lowest BCUT2D eigenvalue weighted by molar-refractivity contribution is 1.54. The van der Waals surface area contributed by atoms with Crippen molar-refractivity contribution < 1.29 is 0 Å². The molecule has 2 nitrogen and oxygen atoms in total. The third kappa shape index (κ3) is 1.28. The maximum atomic E-state index is 6.89. The standard InChI is InChI=1S/C7H7ClN2/c8-6-3-5(4-9)1-2-7(6)10/h1-4,9H,10H2. The average Bonchev–Trinajstić information content (AvgIpc) is 1.95. The van der Waals surface area contributed by atoms with Gasteiger partial charge in [-0.05, 0) is 17.7 Å². The molecule has 0 bridgehead atoms. The molecular weight excluding hydrogens is 148 g/mol. The van der Waals surface area contributed by atoms with Crippen LogP contribution in [0.15, 0.2) is 18.2 Å². The highest BCUT2D eigenvalue weighted by Gasteiger charge is 1.94. The minimum atomic E-state index is 0.501. The summed E-state index contributed by atoms with van der Waals surface area (Å²) in [5.74, 6) is 0. The Labute approximate surface area is 64.1 Å². The summed E-state index contributed by atoms with van der Waals surface area (Å²) in [5, 5.41) is 7.39. The fourth-order valence-electron chi connectivity index (χ4n) is 0.633. The second kappa shape index (κ2) is 2.71. The Morgan fingerprint density at radius 2 is 2.20 bits per heavy atom. The Kier molecular flexibility index (Phi) is 1.92. The zero-order valence-electron chi connectivity index (χ0n) is 5.26. The number of nitrogens with one attached hydrogen (secondary N) is 1. The van der Waals surface area contributed by atoms with Gasteiger partial charge >= 0.3 is 0 Å². The quantitative estimate of drug-likeness (QED) is 0.471. The van der Waals surface area contributed by atoms with Crippen molar-refractivity contribution >= 4 is 23.5 Å². The molecular formula is C7H7ClN2. The molecule has 0 radical (unpaired) electrons. The second-order valence-electron chi connectivity index (χ2n) is 1.93. The summed E-state index contributed by atoms with van der Waals surface area (Å²) >= 11 is 5.66. The largest absolute Gasteiger partial charge is 0.398 e. The van der Waals surface area contributed by atoms with Crippen LogP contribution in [0.1, 0.15) is 5.56 Å². The zero-order valence-corrected chi connectivity index (χ0v) is 6.02. The fraction of sp³-hybridized carbons (Fsp3) is 0. The average molecular weight is 155 g/mol. The highest BCUT2D eigenvalue weighted by Crippen LogP contribution is 2.18. The lowest BCUT2D eigenvalue weighted by Gasteiger charge is -1.96. The van der Waals surface area contributed by atoms with Crippen molar-refractivity contribution in [3.63, 3.8) is 0 Å². The Balaban J connectivity index is 3.16. The molecule has 0 unspecified atom stereocenters. The van der Waals surface area contributed by atoms with E-state index in [9.17, 15) is 0 Å². The Bertz CT molecular complexity index is 258. The highest BCUT2D eigenvalue weighted by atomic mass is 35.5. The molecule has 0 spiro atoms. The van der Waals surface area contributed by atoms with Crippen LogP contribution in [-0.4, -0.2) is 6.21 Å². The molecule has 0 fully saturated rings. The van der Waals surface area contributed by atoms with Gasteiger partial charge in [0.15, 0.2) is 0 Å². The van der Waals surface area contributed by atoms with Crippen molar-refractivity contribution in [1.29, 1.82) is 5.41 Å². The number of hydrogen-bond donors (Lipinski definition) is 2. The van der Waals surface area contributed by atoms with Gasteiger partial charge < -0.3 is 11.1 Å². The fourth-order valence-corrected chi connectivity index (χ4v) is 0.822. The molecule has 0 aliphatic heterocycles. The predicted molar refractivity (Wildman–Crippen MR) is 43.8 cm³/mol. The number of nitrogens with two attached hydrogens (primary N) is 1. The van der Waals surface area contributed by atoms with Crippen LogP contribution in [0.3, 0.4) is 0 Å². The van der Waals surface area contributed by atoms with Crippen molar-refractivity contribution in [2.45, 2.75) is 0 Å². The molecule has 0 aliphatic rings. The predicted octanol–water partition coefficient (Wildman–Crippen LogP) is 1.92. The third-order valence-corrected chi connectivity index (χ3v) is 1.52. The van der Waals surface area contributed by atoms with E-state index >= 15 is 0 Å². The smallest absolute Gasteiger partial charge is 0.0641 e. The molecule has 3 N–H and O–H groups in total. The lowest BCUT2D eigenvalue weighted by Crippen LogP contribution is -1.87. The van der Waals surface area contributed by atoms with Gasteiger partial charge in [-0.3, -0.25) is 0 Å². The summed E-state index contributed by atoms with van der Waals surface area (Å²) in [6.07, 6.45) is 1.23. The van der Waals surface area contributed by atoms with E-state index < -0.39 is 0 Å². The molecule has 1 aromatic carbocycles. The zero-order chi connectivity index (χ0) is 7.56. The van der Waals surface area contributed by atoms with Crippen molar-refractivity contribution in [3.05, 3.63) is 28.8 Å². The maximum absolute atomic E-state index is 6.89. The second-order valence-corrected chi connectivity index (χ2v) is 2.33. The van der Waals surface area contributed by atoms with E-state index in [4.69, 9.17) is 22.7 Å². The SMILES string of the molecule is N=Cc1ccc(N)c(Cl)c1. The molecule has 0 saturated carbocycles. The monoisotopic (exact) mass is 154 g/mol. The normalized spacial score (nSPS) is 9.30. The summed E-state index contributed by atoms with van der Waals surface area (Å²) in [4.78, 5) is 0. The van der Waals surface area contributed by atoms with E-state index in [-0.39, 0.29) is 0 Å². The van der Waals surface area contributed by atoms with Crippen LogP contribution in [0.2, 0.25) is 5.02 Å². The number of halogens is 1. The molecule has 52 valence electrons. The van der Waals surface area contributed by atoms with Crippen molar-refractivity contribution in [2.75, 3.05) is 5.73 Å². The van der Waals surface area contributed by atoms with E-state index in [1.807, 2.05) is 0 Å². The molecule has 0 amide bonds. The van der Waals surface area contributed by atoms with Crippen LogP contribution in [0, 0.1) is 5.41 Å². The molecule has 0 aliphatic carbocycles. The van der Waals surface area contributed by atoms with E-state index in [1.54, 1.807) is 18.2 Å². The van der Waals surface area contributed by atoms with Crippen molar-refractivity contribution in [3.8, 4) is 0 Å². The Morgan fingerprint density at radius 3 is 2.70 bits per heavy atom. The van der Waals surface area contributed by atoms with Crippen LogP contribution in [-0.2, 0) is 0 Å². The summed E-state index contributed by atoms with van der Waals surface area (Å²) in [5.41, 5.74) is 6.75. The van der Waals surface area contributed by atoms with Gasteiger partial charge in [0.1, 0.15) is 0 Å². The highest BCUT2D eigenvalue weighted by molar-refractivity contribution is 6.33. The van der Waals surface area contributed by atoms with Crippen LogP contribution in [0.25, 0.3) is 0 Å². The van der Waals surface area contributed by atoms with Gasteiger partial charge in [-0.2, -0.15) is 0 Å². The number of anilines is 1. The van der Waals surface area contributed by atoms with E-state index in [0.717, 1.165) is 5.56 Å². The molecule has 0 saturated heterocycles. The Hall–Kier alpha value is -1.02. The molecule has 3 heteroatoms. The van der Waals surface area contributed by atoms with Gasteiger partial charge in [-0.1, -0.05) is 17.7 Å². The first kappa shape index (κ1) is 7.09. The first-order valence-corrected chi connectivity index (χ1v) is 3.17. The summed E-state index contributed by atoms with van der Waals surface area (Å²) < 4.78 is 0. The van der Waals surface area contributed by atoms with Crippen LogP contribution >= 0.6 is 11.6 Å². The number of hydrogen-bond acceptors (Lipinski definition) is 2. The minimum Gasteiger partial charge on any atom is -0.398 e. The van der Waals surface area contributed by atoms with Crippen molar-refractivity contribution in [2.24, 2.45) is 0 Å². The van der Waals surface area contributed by atoms with E-state index in [1.165, 1.54) is 6.21 Å². The third-order valence-electron chi connectivity index (χ3n) is 1.19. The molecule has 0 heterocycles. The minimum absolute atomic E-state index is 0.501. The summed E-state index contributed by atoms with van der Waals surface area (Å²) in [6.45, 7) is 0. The van der Waals surface area contributed by atoms with Crippen LogP contribution in [0.4, 0.5) is 5.69 Å². The number of nitrogen functional groups attached to an aromatic ring is 1.